The molecular formula is C27H35N5O4. The van der Waals surface area contributed by atoms with Crippen molar-refractivity contribution in [2.24, 2.45) is 11.8 Å². The van der Waals surface area contributed by atoms with Crippen molar-refractivity contribution in [3.63, 3.8) is 0 Å². The molecular weight excluding hydrogens is 458 g/mol. The molecule has 9 heteroatoms. The van der Waals surface area contributed by atoms with Crippen LogP contribution in [0.1, 0.15) is 45.2 Å². The lowest BCUT2D eigenvalue weighted by Gasteiger charge is -2.46. The first-order valence-electron chi connectivity index (χ1n) is 12.7. The van der Waals surface area contributed by atoms with Crippen molar-refractivity contribution in [3.05, 3.63) is 42.0 Å². The SMILES string of the molecule is COc1cccc(N[C@H]2c3cc(N4CCN(C(=O)O)C(C)C4)ccc3N(C(C)=O)[C@@H](C3CC3)[C@@H]2C)n1. The molecule has 1 saturated heterocycles. The number of pyridine rings is 1. The van der Waals surface area contributed by atoms with Crippen LogP contribution in [0.25, 0.3) is 0 Å². The van der Waals surface area contributed by atoms with E-state index >= 15 is 0 Å². The number of ether oxygens (including phenoxy) is 1. The number of methoxy groups -OCH3 is 1. The second-order valence-corrected chi connectivity index (χ2v) is 10.3. The van der Waals surface area contributed by atoms with Crippen LogP contribution in [0.15, 0.2) is 36.4 Å². The minimum absolute atomic E-state index is 0.0431. The number of nitrogens with one attached hydrogen (secondary N) is 1. The van der Waals surface area contributed by atoms with Crippen LogP contribution in [-0.4, -0.2) is 65.8 Å². The fraction of sp³-hybridized carbons (Fsp3) is 0.519. The van der Waals surface area contributed by atoms with E-state index in [1.807, 2.05) is 30.0 Å². The predicted octanol–water partition coefficient (Wildman–Crippen LogP) is 4.21. The van der Waals surface area contributed by atoms with Gasteiger partial charge < -0.3 is 29.9 Å². The highest BCUT2D eigenvalue weighted by atomic mass is 16.5. The number of fused-ring (bicyclic) bond motifs is 1. The molecule has 1 saturated carbocycles. The molecule has 1 aromatic heterocycles. The summed E-state index contributed by atoms with van der Waals surface area (Å²) in [5.74, 6) is 2.02. The summed E-state index contributed by atoms with van der Waals surface area (Å²) in [5.41, 5.74) is 3.04. The molecule has 9 nitrogen and oxygen atoms in total. The average molecular weight is 494 g/mol. The van der Waals surface area contributed by atoms with Crippen molar-refractivity contribution < 1.29 is 19.4 Å². The normalized spacial score (nSPS) is 25.8. The Balaban J connectivity index is 1.53. The smallest absolute Gasteiger partial charge is 0.407 e. The number of hydrogen-bond donors (Lipinski definition) is 2. The van der Waals surface area contributed by atoms with E-state index in [1.54, 1.807) is 14.0 Å². The fourth-order valence-corrected chi connectivity index (χ4v) is 5.99. The van der Waals surface area contributed by atoms with Gasteiger partial charge in [0.2, 0.25) is 11.8 Å². The first-order chi connectivity index (χ1) is 17.3. The fourth-order valence-electron chi connectivity index (χ4n) is 5.99. The van der Waals surface area contributed by atoms with Crippen molar-refractivity contribution in [2.75, 3.05) is 41.9 Å². The zero-order chi connectivity index (χ0) is 25.6. The van der Waals surface area contributed by atoms with Gasteiger partial charge in [0.15, 0.2) is 0 Å². The summed E-state index contributed by atoms with van der Waals surface area (Å²) < 4.78 is 5.34. The number of piperazine rings is 1. The molecule has 2 aliphatic heterocycles. The first kappa shape index (κ1) is 24.2. The highest BCUT2D eigenvalue weighted by Gasteiger charge is 2.47. The molecule has 4 atom stereocenters. The number of nitrogens with zero attached hydrogens (tertiary/aromatic N) is 4. The van der Waals surface area contributed by atoms with Crippen molar-refractivity contribution in [1.29, 1.82) is 0 Å². The molecule has 2 N–H and O–H groups in total. The van der Waals surface area contributed by atoms with Gasteiger partial charge in [-0.2, -0.15) is 4.98 Å². The quantitative estimate of drug-likeness (QED) is 0.644. The van der Waals surface area contributed by atoms with E-state index in [0.717, 1.165) is 35.6 Å². The summed E-state index contributed by atoms with van der Waals surface area (Å²) in [6, 6.07) is 12.0. The molecule has 1 aromatic carbocycles. The van der Waals surface area contributed by atoms with E-state index in [0.29, 0.717) is 31.4 Å². The summed E-state index contributed by atoms with van der Waals surface area (Å²) >= 11 is 0. The van der Waals surface area contributed by atoms with E-state index in [1.165, 1.54) is 4.90 Å². The third kappa shape index (κ3) is 4.42. The number of amides is 2. The molecule has 2 amide bonds. The summed E-state index contributed by atoms with van der Waals surface area (Å²) in [5, 5.41) is 13.1. The number of aromatic nitrogens is 1. The number of carbonyl (C=O) groups excluding carboxylic acids is 1. The molecule has 5 rings (SSSR count). The largest absolute Gasteiger partial charge is 0.481 e. The molecule has 2 aromatic rings. The van der Waals surface area contributed by atoms with Gasteiger partial charge in [0, 0.05) is 67.6 Å². The van der Waals surface area contributed by atoms with Gasteiger partial charge in [-0.1, -0.05) is 13.0 Å². The number of benzene rings is 1. The second-order valence-electron chi connectivity index (χ2n) is 10.3. The number of rotatable bonds is 5. The highest BCUT2D eigenvalue weighted by Crippen LogP contribution is 2.50. The van der Waals surface area contributed by atoms with Gasteiger partial charge in [-0.25, -0.2) is 4.79 Å². The van der Waals surface area contributed by atoms with Gasteiger partial charge in [-0.05, 0) is 49.9 Å². The van der Waals surface area contributed by atoms with Crippen molar-refractivity contribution in [1.82, 2.24) is 9.88 Å². The lowest BCUT2D eigenvalue weighted by atomic mass is 9.79. The first-order valence-corrected chi connectivity index (χ1v) is 12.7. The summed E-state index contributed by atoms with van der Waals surface area (Å²) in [6.07, 6.45) is 1.41. The van der Waals surface area contributed by atoms with Crippen LogP contribution in [0.4, 0.5) is 22.0 Å². The van der Waals surface area contributed by atoms with Gasteiger partial charge in [0.05, 0.1) is 13.2 Å². The Morgan fingerprint density at radius 1 is 1.14 bits per heavy atom. The van der Waals surface area contributed by atoms with Crippen LogP contribution in [-0.2, 0) is 4.79 Å². The van der Waals surface area contributed by atoms with Crippen LogP contribution in [0.3, 0.4) is 0 Å². The van der Waals surface area contributed by atoms with Crippen molar-refractivity contribution in [3.8, 4) is 5.88 Å². The van der Waals surface area contributed by atoms with E-state index in [4.69, 9.17) is 4.74 Å². The van der Waals surface area contributed by atoms with Crippen LogP contribution in [0, 0.1) is 11.8 Å². The Morgan fingerprint density at radius 3 is 2.56 bits per heavy atom. The van der Waals surface area contributed by atoms with Crippen LogP contribution in [0.5, 0.6) is 5.88 Å². The van der Waals surface area contributed by atoms with E-state index in [9.17, 15) is 14.7 Å². The van der Waals surface area contributed by atoms with Gasteiger partial charge in [-0.3, -0.25) is 4.79 Å². The van der Waals surface area contributed by atoms with Crippen LogP contribution >= 0.6 is 0 Å². The van der Waals surface area contributed by atoms with Crippen molar-refractivity contribution >= 4 is 29.2 Å². The van der Waals surface area contributed by atoms with Crippen LogP contribution in [0.2, 0.25) is 0 Å². The Morgan fingerprint density at radius 2 is 1.92 bits per heavy atom. The number of hydrogen-bond acceptors (Lipinski definition) is 6. The number of carbonyl (C=O) groups is 2. The topological polar surface area (TPSA) is 98.2 Å². The lowest BCUT2D eigenvalue weighted by Crippen LogP contribution is -2.54. The van der Waals surface area contributed by atoms with Crippen molar-refractivity contribution in [2.45, 2.75) is 51.7 Å². The molecule has 0 radical (unpaired) electrons. The molecule has 36 heavy (non-hydrogen) atoms. The molecule has 192 valence electrons. The maximum atomic E-state index is 12.9. The number of anilines is 3. The van der Waals surface area contributed by atoms with E-state index < -0.39 is 6.09 Å². The maximum Gasteiger partial charge on any atom is 0.407 e. The molecule has 0 bridgehead atoms. The monoisotopic (exact) mass is 493 g/mol. The molecule has 0 spiro atoms. The van der Waals surface area contributed by atoms with Gasteiger partial charge >= 0.3 is 6.09 Å². The zero-order valence-corrected chi connectivity index (χ0v) is 21.3. The summed E-state index contributed by atoms with van der Waals surface area (Å²) in [4.78, 5) is 34.8. The molecule has 3 heterocycles. The zero-order valence-electron chi connectivity index (χ0n) is 21.3. The Labute approximate surface area is 212 Å². The standard InChI is InChI=1S/C27H35N5O4/c1-16-15-30(12-13-31(16)27(34)35)20-10-11-22-21(14-20)25(29-23-6-5-7-24(28-23)36-4)17(2)26(19-8-9-19)32(22)18(3)33/h5-7,10-11,14,16-17,19,25-26H,8-9,12-13,15H2,1-4H3,(H,28,29)(H,34,35)/t16?,17-,25-,26-/m1/s1. The summed E-state index contributed by atoms with van der Waals surface area (Å²) in [6.45, 7) is 7.53. The molecule has 3 aliphatic rings. The summed E-state index contributed by atoms with van der Waals surface area (Å²) in [7, 11) is 1.61. The van der Waals surface area contributed by atoms with Crippen LogP contribution < -0.4 is 19.9 Å². The maximum absolute atomic E-state index is 12.9. The lowest BCUT2D eigenvalue weighted by molar-refractivity contribution is -0.117. The third-order valence-electron chi connectivity index (χ3n) is 7.89. The Hall–Kier alpha value is -3.49. The predicted molar refractivity (Wildman–Crippen MR) is 139 cm³/mol. The minimum Gasteiger partial charge on any atom is -0.481 e. The minimum atomic E-state index is -0.875. The van der Waals surface area contributed by atoms with Gasteiger partial charge in [-0.15, -0.1) is 0 Å². The van der Waals surface area contributed by atoms with Gasteiger partial charge in [0.25, 0.3) is 0 Å². The van der Waals surface area contributed by atoms with E-state index in [2.05, 4.69) is 40.3 Å². The highest BCUT2D eigenvalue weighted by molar-refractivity contribution is 5.94. The molecule has 2 fully saturated rings. The second kappa shape index (κ2) is 9.52. The average Bonchev–Trinajstić information content (AvgIpc) is 3.70. The molecule has 1 unspecified atom stereocenters. The van der Waals surface area contributed by atoms with E-state index in [-0.39, 0.29) is 30.0 Å². The Bertz CT molecular complexity index is 1150. The Kier molecular flexibility index (Phi) is 6.40. The number of carboxylic acid groups (broad SMARTS) is 1. The molecule has 1 aliphatic carbocycles. The third-order valence-corrected chi connectivity index (χ3v) is 7.89. The van der Waals surface area contributed by atoms with Gasteiger partial charge in [0.1, 0.15) is 5.82 Å².